The maximum Gasteiger partial charge on any atom is 0.254 e. The summed E-state index contributed by atoms with van der Waals surface area (Å²) >= 11 is 0. The van der Waals surface area contributed by atoms with Crippen LogP contribution < -0.4 is 14.9 Å². The first kappa shape index (κ1) is 18.8. The fourth-order valence-corrected chi connectivity index (χ4v) is 2.78. The van der Waals surface area contributed by atoms with Gasteiger partial charge in [0.1, 0.15) is 11.6 Å². The molecular formula is C16H19FN4O3S. The minimum atomic E-state index is -3.76. The van der Waals surface area contributed by atoms with Gasteiger partial charge in [-0.15, -0.1) is 0 Å². The van der Waals surface area contributed by atoms with Gasteiger partial charge in [0.05, 0.1) is 10.5 Å². The van der Waals surface area contributed by atoms with Gasteiger partial charge in [0, 0.05) is 26.8 Å². The molecule has 9 heteroatoms. The molecule has 0 aliphatic heterocycles. The molecule has 0 saturated carbocycles. The zero-order valence-electron chi connectivity index (χ0n) is 14.1. The highest BCUT2D eigenvalue weighted by Crippen LogP contribution is 2.15. The normalized spacial score (nSPS) is 11.2. The summed E-state index contributed by atoms with van der Waals surface area (Å²) in [5.74, 6) is -0.734. The highest BCUT2D eigenvalue weighted by Gasteiger charge is 2.18. The molecule has 0 radical (unpaired) electrons. The zero-order valence-corrected chi connectivity index (χ0v) is 14.9. The number of nitrogens with one attached hydrogen (secondary N) is 2. The molecule has 1 aromatic carbocycles. The lowest BCUT2D eigenvalue weighted by atomic mass is 10.2. The summed E-state index contributed by atoms with van der Waals surface area (Å²) in [6.45, 7) is 0.141. The Balaban J connectivity index is 2.14. The first-order valence-electron chi connectivity index (χ1n) is 7.38. The molecule has 0 aliphatic carbocycles. The number of sulfonamides is 1. The number of hydrogen-bond donors (Lipinski definition) is 2. The van der Waals surface area contributed by atoms with Crippen LogP contribution in [-0.2, 0) is 16.6 Å². The van der Waals surface area contributed by atoms with Crippen molar-refractivity contribution >= 4 is 21.7 Å². The summed E-state index contributed by atoms with van der Waals surface area (Å²) < 4.78 is 39.6. The second-order valence-corrected chi connectivity index (χ2v) is 7.34. The van der Waals surface area contributed by atoms with Crippen molar-refractivity contribution in [3.05, 3.63) is 53.5 Å². The molecule has 1 aromatic heterocycles. The van der Waals surface area contributed by atoms with E-state index in [9.17, 15) is 17.6 Å². The van der Waals surface area contributed by atoms with Crippen molar-refractivity contribution in [1.29, 1.82) is 0 Å². The number of pyridine rings is 1. The van der Waals surface area contributed by atoms with Crippen LogP contribution in [0.2, 0.25) is 0 Å². The summed E-state index contributed by atoms with van der Waals surface area (Å²) in [5, 5.41) is 2.55. The van der Waals surface area contributed by atoms with Crippen molar-refractivity contribution in [2.45, 2.75) is 11.4 Å². The van der Waals surface area contributed by atoms with Crippen molar-refractivity contribution in [3.63, 3.8) is 0 Å². The van der Waals surface area contributed by atoms with Crippen LogP contribution in [0.4, 0.5) is 10.2 Å². The lowest BCUT2D eigenvalue weighted by Gasteiger charge is -2.12. The van der Waals surface area contributed by atoms with Crippen molar-refractivity contribution in [1.82, 2.24) is 15.0 Å². The number of amides is 1. The van der Waals surface area contributed by atoms with Crippen molar-refractivity contribution in [2.75, 3.05) is 26.0 Å². The molecule has 2 N–H and O–H groups in total. The van der Waals surface area contributed by atoms with E-state index in [1.165, 1.54) is 7.05 Å². The summed E-state index contributed by atoms with van der Waals surface area (Å²) in [6.07, 6.45) is 1.61. The number of carbonyl (C=O) groups excluding carboxylic acids is 1. The van der Waals surface area contributed by atoms with Crippen LogP contribution in [0.3, 0.4) is 0 Å². The van der Waals surface area contributed by atoms with Crippen molar-refractivity contribution < 1.29 is 17.6 Å². The van der Waals surface area contributed by atoms with Crippen LogP contribution in [-0.4, -0.2) is 40.5 Å². The fourth-order valence-electron chi connectivity index (χ4n) is 2.03. The number of aromatic nitrogens is 1. The van der Waals surface area contributed by atoms with Crippen LogP contribution in [0, 0.1) is 5.82 Å². The summed E-state index contributed by atoms with van der Waals surface area (Å²) in [5.41, 5.74) is 0.396. The first-order chi connectivity index (χ1) is 11.7. The molecular weight excluding hydrogens is 347 g/mol. The highest BCUT2D eigenvalue weighted by atomic mass is 32.2. The Labute approximate surface area is 145 Å². The monoisotopic (exact) mass is 366 g/mol. The predicted molar refractivity (Wildman–Crippen MR) is 92.4 cm³/mol. The van der Waals surface area contributed by atoms with Crippen LogP contribution in [0.5, 0.6) is 0 Å². The van der Waals surface area contributed by atoms with E-state index >= 15 is 0 Å². The summed E-state index contributed by atoms with van der Waals surface area (Å²) in [6, 6.07) is 6.64. The van der Waals surface area contributed by atoms with Gasteiger partial charge in [0.15, 0.2) is 0 Å². The van der Waals surface area contributed by atoms with Crippen molar-refractivity contribution in [3.8, 4) is 0 Å². The number of rotatable bonds is 6. The zero-order chi connectivity index (χ0) is 18.6. The van der Waals surface area contributed by atoms with Gasteiger partial charge >= 0.3 is 0 Å². The average molecular weight is 366 g/mol. The molecule has 1 amide bonds. The quantitative estimate of drug-likeness (QED) is 0.800. The third-order valence-corrected chi connectivity index (χ3v) is 4.89. The highest BCUT2D eigenvalue weighted by molar-refractivity contribution is 7.89. The van der Waals surface area contributed by atoms with E-state index in [4.69, 9.17) is 0 Å². The molecule has 25 heavy (non-hydrogen) atoms. The Kier molecular flexibility index (Phi) is 5.70. The standard InChI is InChI=1S/C16H19FN4O3S/c1-18-25(23,24)12-5-6-14(17)13(8-12)16(22)20-10-11-4-7-15(19-9-11)21(2)3/h4-9,18H,10H2,1-3H3,(H,20,22). The van der Waals surface area contributed by atoms with Gasteiger partial charge in [-0.3, -0.25) is 4.79 Å². The third-order valence-electron chi connectivity index (χ3n) is 3.48. The molecule has 2 rings (SSSR count). The van der Waals surface area contributed by atoms with Crippen molar-refractivity contribution in [2.24, 2.45) is 0 Å². The van der Waals surface area contributed by atoms with Gasteiger partial charge in [-0.05, 0) is 36.9 Å². The van der Waals surface area contributed by atoms with Crippen LogP contribution in [0.1, 0.15) is 15.9 Å². The lowest BCUT2D eigenvalue weighted by molar-refractivity contribution is 0.0946. The predicted octanol–water partition coefficient (Wildman–Crippen LogP) is 1.12. The second-order valence-electron chi connectivity index (χ2n) is 5.45. The Morgan fingerprint density at radius 2 is 1.96 bits per heavy atom. The minimum Gasteiger partial charge on any atom is -0.363 e. The van der Waals surface area contributed by atoms with Crippen LogP contribution in [0.25, 0.3) is 0 Å². The molecule has 0 bridgehead atoms. The van der Waals surface area contributed by atoms with E-state index in [2.05, 4.69) is 15.0 Å². The number of halogens is 1. The smallest absolute Gasteiger partial charge is 0.254 e. The molecule has 0 saturated heterocycles. The first-order valence-corrected chi connectivity index (χ1v) is 8.86. The van der Waals surface area contributed by atoms with Gasteiger partial charge in [-0.2, -0.15) is 0 Å². The Morgan fingerprint density at radius 1 is 1.24 bits per heavy atom. The molecule has 1 heterocycles. The van der Waals surface area contributed by atoms with Gasteiger partial charge in [-0.25, -0.2) is 22.5 Å². The van der Waals surface area contributed by atoms with Gasteiger partial charge in [0.25, 0.3) is 5.91 Å². The van der Waals surface area contributed by atoms with E-state index in [-0.39, 0.29) is 17.0 Å². The van der Waals surface area contributed by atoms with Crippen LogP contribution in [0.15, 0.2) is 41.4 Å². The largest absolute Gasteiger partial charge is 0.363 e. The molecule has 2 aromatic rings. The topological polar surface area (TPSA) is 91.4 Å². The third kappa shape index (κ3) is 4.52. The molecule has 7 nitrogen and oxygen atoms in total. The minimum absolute atomic E-state index is 0.141. The molecule has 134 valence electrons. The van der Waals surface area contributed by atoms with E-state index in [0.29, 0.717) is 0 Å². The lowest BCUT2D eigenvalue weighted by Crippen LogP contribution is -2.25. The number of carbonyl (C=O) groups is 1. The fraction of sp³-hybridized carbons (Fsp3) is 0.250. The van der Waals surface area contributed by atoms with Gasteiger partial charge in [0.2, 0.25) is 10.0 Å². The summed E-state index contributed by atoms with van der Waals surface area (Å²) in [7, 11) is 1.20. The van der Waals surface area contributed by atoms with Gasteiger partial charge in [-0.1, -0.05) is 6.07 Å². The number of anilines is 1. The Bertz CT molecular complexity index is 867. The second kappa shape index (κ2) is 7.58. The van der Waals surface area contributed by atoms with Gasteiger partial charge < -0.3 is 10.2 Å². The number of hydrogen-bond acceptors (Lipinski definition) is 5. The van der Waals surface area contributed by atoms with E-state index in [0.717, 1.165) is 29.6 Å². The Hall–Kier alpha value is -2.52. The number of nitrogens with zero attached hydrogens (tertiary/aromatic N) is 2. The maximum absolute atomic E-state index is 13.9. The van der Waals surface area contributed by atoms with E-state index in [1.54, 1.807) is 18.3 Å². The SMILES string of the molecule is CNS(=O)(=O)c1ccc(F)c(C(=O)NCc2ccc(N(C)C)nc2)c1. The van der Waals surface area contributed by atoms with E-state index < -0.39 is 21.7 Å². The number of benzene rings is 1. The average Bonchev–Trinajstić information content (AvgIpc) is 2.60. The molecule has 0 spiro atoms. The molecule has 0 unspecified atom stereocenters. The molecule has 0 aliphatic rings. The maximum atomic E-state index is 13.9. The molecule has 0 atom stereocenters. The van der Waals surface area contributed by atoms with E-state index in [1.807, 2.05) is 19.0 Å². The summed E-state index contributed by atoms with van der Waals surface area (Å²) in [4.78, 5) is 18.1. The van der Waals surface area contributed by atoms with Crippen LogP contribution >= 0.6 is 0 Å². The molecule has 0 fully saturated rings. The Morgan fingerprint density at radius 3 is 2.52 bits per heavy atom.